The van der Waals surface area contributed by atoms with Crippen LogP contribution in [0.25, 0.3) is 23.1 Å². The van der Waals surface area contributed by atoms with E-state index in [4.69, 9.17) is 11.6 Å². The van der Waals surface area contributed by atoms with Crippen LogP contribution in [-0.4, -0.2) is 9.97 Å². The number of aromatic nitrogens is 2. The third-order valence-corrected chi connectivity index (χ3v) is 4.53. The average molecular weight is 390 g/mol. The van der Waals surface area contributed by atoms with Crippen molar-refractivity contribution in [3.8, 4) is 0 Å². The predicted molar refractivity (Wildman–Crippen MR) is 114 cm³/mol. The van der Waals surface area contributed by atoms with Gasteiger partial charge < -0.3 is 5.32 Å². The Morgan fingerprint density at radius 3 is 2.61 bits per heavy atom. The Balaban J connectivity index is 1.67. The van der Waals surface area contributed by atoms with E-state index in [1.54, 1.807) is 18.3 Å². The van der Waals surface area contributed by atoms with Gasteiger partial charge in [-0.2, -0.15) is 0 Å². The summed E-state index contributed by atoms with van der Waals surface area (Å²) in [5.41, 5.74) is 4.41. The van der Waals surface area contributed by atoms with Crippen LogP contribution in [0.15, 0.2) is 72.9 Å². The minimum Gasteiger partial charge on any atom is -0.379 e. The molecule has 0 bridgehead atoms. The predicted octanol–water partition coefficient (Wildman–Crippen LogP) is 6.20. The summed E-state index contributed by atoms with van der Waals surface area (Å²) in [6.45, 7) is 0.591. The molecule has 0 saturated carbocycles. The first-order valence-corrected chi connectivity index (χ1v) is 9.23. The van der Waals surface area contributed by atoms with Crippen LogP contribution in [0.4, 0.5) is 10.1 Å². The van der Waals surface area contributed by atoms with Gasteiger partial charge in [0.2, 0.25) is 0 Å². The maximum Gasteiger partial charge on any atom is 0.123 e. The van der Waals surface area contributed by atoms with Crippen LogP contribution in [0, 0.1) is 5.82 Å². The topological polar surface area (TPSA) is 37.8 Å². The highest BCUT2D eigenvalue weighted by atomic mass is 35.5. The molecule has 1 N–H and O–H groups in total. The number of fused-ring (bicyclic) bond motifs is 1. The zero-order valence-electron chi connectivity index (χ0n) is 14.9. The van der Waals surface area contributed by atoms with Crippen LogP contribution in [0.1, 0.15) is 17.0 Å². The molecule has 0 saturated heterocycles. The Morgan fingerprint density at radius 1 is 0.964 bits per heavy atom. The van der Waals surface area contributed by atoms with Gasteiger partial charge in [-0.05, 0) is 60.2 Å². The molecule has 28 heavy (non-hydrogen) atoms. The number of nitrogens with one attached hydrogen (secondary N) is 1. The highest BCUT2D eigenvalue weighted by Gasteiger charge is 2.06. The minimum atomic E-state index is -0.251. The molecule has 0 aliphatic heterocycles. The van der Waals surface area contributed by atoms with Crippen molar-refractivity contribution in [3.05, 3.63) is 101 Å². The van der Waals surface area contributed by atoms with Crippen LogP contribution in [0.2, 0.25) is 5.02 Å². The fourth-order valence-electron chi connectivity index (χ4n) is 2.89. The third kappa shape index (κ3) is 4.35. The molecule has 0 fully saturated rings. The summed E-state index contributed by atoms with van der Waals surface area (Å²) in [5, 5.41) is 5.04. The van der Waals surface area contributed by atoms with E-state index >= 15 is 0 Å². The van der Waals surface area contributed by atoms with Gasteiger partial charge in [-0.25, -0.2) is 9.37 Å². The van der Waals surface area contributed by atoms with E-state index in [-0.39, 0.29) is 5.82 Å². The molecular weight excluding hydrogens is 373 g/mol. The number of hydrogen-bond acceptors (Lipinski definition) is 3. The Bertz CT molecular complexity index is 1130. The van der Waals surface area contributed by atoms with E-state index in [9.17, 15) is 4.39 Å². The molecule has 0 spiro atoms. The largest absolute Gasteiger partial charge is 0.379 e. The Labute approximate surface area is 167 Å². The normalized spacial score (nSPS) is 11.2. The molecule has 0 aliphatic rings. The van der Waals surface area contributed by atoms with E-state index in [1.165, 1.54) is 12.1 Å². The minimum absolute atomic E-state index is 0.251. The zero-order chi connectivity index (χ0) is 19.3. The standard InChI is InChI=1S/C23H17ClFN3/c24-17-7-11-22-21(13-17)23(27-15-20-3-1-2-12-26-20)14-19(28-22)10-6-16-4-8-18(25)9-5-16/h1-14H,15H2,(H,27,28)/b10-6+. The quantitative estimate of drug-likeness (QED) is 0.441. The first-order valence-electron chi connectivity index (χ1n) is 8.85. The fourth-order valence-corrected chi connectivity index (χ4v) is 3.07. The van der Waals surface area contributed by atoms with Crippen molar-refractivity contribution in [2.75, 3.05) is 5.32 Å². The van der Waals surface area contributed by atoms with Crippen LogP contribution in [0.5, 0.6) is 0 Å². The van der Waals surface area contributed by atoms with Crippen LogP contribution in [-0.2, 0) is 6.54 Å². The number of benzene rings is 2. The van der Waals surface area contributed by atoms with Crippen LogP contribution >= 0.6 is 11.6 Å². The van der Waals surface area contributed by atoms with E-state index in [0.717, 1.165) is 33.5 Å². The molecule has 0 radical (unpaired) electrons. The number of rotatable bonds is 5. The second-order valence-corrected chi connectivity index (χ2v) is 6.75. The SMILES string of the molecule is Fc1ccc(/C=C/c2cc(NCc3ccccn3)c3cc(Cl)ccc3n2)cc1. The van der Waals surface area contributed by atoms with Crippen LogP contribution < -0.4 is 5.32 Å². The summed E-state index contributed by atoms with van der Waals surface area (Å²) in [6, 6.07) is 19.8. The average Bonchev–Trinajstić information content (AvgIpc) is 2.72. The van der Waals surface area contributed by atoms with E-state index in [2.05, 4.69) is 15.3 Å². The molecule has 0 aliphatic carbocycles. The molecule has 0 unspecified atom stereocenters. The number of anilines is 1. The first kappa shape index (κ1) is 18.1. The van der Waals surface area contributed by atoms with Gasteiger partial charge >= 0.3 is 0 Å². The maximum atomic E-state index is 13.1. The fraction of sp³-hybridized carbons (Fsp3) is 0.0435. The van der Waals surface area contributed by atoms with Gasteiger partial charge in [0.05, 0.1) is 23.4 Å². The first-order chi connectivity index (χ1) is 13.7. The summed E-state index contributed by atoms with van der Waals surface area (Å²) in [7, 11) is 0. The van der Waals surface area contributed by atoms with Gasteiger partial charge in [0.25, 0.3) is 0 Å². The Hall–Kier alpha value is -3.24. The van der Waals surface area contributed by atoms with Crippen molar-refractivity contribution >= 4 is 40.3 Å². The molecular formula is C23H17ClFN3. The molecule has 4 aromatic rings. The highest BCUT2D eigenvalue weighted by Crippen LogP contribution is 2.27. The maximum absolute atomic E-state index is 13.1. The number of pyridine rings is 2. The summed E-state index contributed by atoms with van der Waals surface area (Å²) < 4.78 is 13.1. The Morgan fingerprint density at radius 2 is 1.82 bits per heavy atom. The smallest absolute Gasteiger partial charge is 0.123 e. The molecule has 0 amide bonds. The third-order valence-electron chi connectivity index (χ3n) is 4.29. The van der Waals surface area contributed by atoms with Gasteiger partial charge in [0.15, 0.2) is 0 Å². The molecule has 4 rings (SSSR count). The van der Waals surface area contributed by atoms with Gasteiger partial charge in [-0.15, -0.1) is 0 Å². The van der Waals surface area contributed by atoms with Gasteiger partial charge in [0.1, 0.15) is 5.82 Å². The molecule has 5 heteroatoms. The van der Waals surface area contributed by atoms with E-state index < -0.39 is 0 Å². The second-order valence-electron chi connectivity index (χ2n) is 6.32. The van der Waals surface area contributed by atoms with Crippen molar-refractivity contribution in [3.63, 3.8) is 0 Å². The zero-order valence-corrected chi connectivity index (χ0v) is 15.7. The lowest BCUT2D eigenvalue weighted by Crippen LogP contribution is -2.02. The summed E-state index contributed by atoms with van der Waals surface area (Å²) in [5.74, 6) is -0.251. The second kappa shape index (κ2) is 8.19. The van der Waals surface area contributed by atoms with Crippen molar-refractivity contribution in [1.29, 1.82) is 0 Å². The summed E-state index contributed by atoms with van der Waals surface area (Å²) in [4.78, 5) is 9.04. The van der Waals surface area contributed by atoms with Crippen LogP contribution in [0.3, 0.4) is 0 Å². The summed E-state index contributed by atoms with van der Waals surface area (Å²) in [6.07, 6.45) is 5.59. The molecule has 2 aromatic heterocycles. The van der Waals surface area contributed by atoms with Gasteiger partial charge in [0, 0.05) is 22.3 Å². The van der Waals surface area contributed by atoms with Crippen molar-refractivity contribution < 1.29 is 4.39 Å². The van der Waals surface area contributed by atoms with Crippen molar-refractivity contribution in [1.82, 2.24) is 9.97 Å². The Kier molecular flexibility index (Phi) is 5.31. The number of halogens is 2. The summed E-state index contributed by atoms with van der Waals surface area (Å²) >= 11 is 6.19. The van der Waals surface area contributed by atoms with Crippen molar-refractivity contribution in [2.45, 2.75) is 6.54 Å². The van der Waals surface area contributed by atoms with E-state index in [0.29, 0.717) is 11.6 Å². The molecule has 0 atom stereocenters. The molecule has 138 valence electrons. The highest BCUT2D eigenvalue weighted by molar-refractivity contribution is 6.31. The lowest BCUT2D eigenvalue weighted by atomic mass is 10.1. The monoisotopic (exact) mass is 389 g/mol. The number of hydrogen-bond donors (Lipinski definition) is 1. The van der Waals surface area contributed by atoms with Crippen molar-refractivity contribution in [2.24, 2.45) is 0 Å². The van der Waals surface area contributed by atoms with Gasteiger partial charge in [-0.1, -0.05) is 35.9 Å². The lowest BCUT2D eigenvalue weighted by molar-refractivity contribution is 0.628. The molecule has 3 nitrogen and oxygen atoms in total. The van der Waals surface area contributed by atoms with Gasteiger partial charge in [-0.3, -0.25) is 4.98 Å². The number of nitrogens with zero attached hydrogens (tertiary/aromatic N) is 2. The molecule has 2 heterocycles. The molecule has 2 aromatic carbocycles. The van der Waals surface area contributed by atoms with E-state index in [1.807, 2.05) is 54.6 Å². The lowest BCUT2D eigenvalue weighted by Gasteiger charge is -2.11.